The van der Waals surface area contributed by atoms with Crippen LogP contribution in [0.2, 0.25) is 0 Å². The molecule has 0 bridgehead atoms. The molecule has 0 radical (unpaired) electrons. The number of nitriles is 1. The van der Waals surface area contributed by atoms with Crippen molar-refractivity contribution in [2.75, 3.05) is 11.6 Å². The second-order valence-corrected chi connectivity index (χ2v) is 11.8. The molecule has 0 atom stereocenters. The van der Waals surface area contributed by atoms with Crippen molar-refractivity contribution in [2.45, 2.75) is 56.5 Å². The molecule has 1 aliphatic rings. The summed E-state index contributed by atoms with van der Waals surface area (Å²) in [5, 5.41) is 18.8. The summed E-state index contributed by atoms with van der Waals surface area (Å²) in [7, 11) is -3.64. The van der Waals surface area contributed by atoms with Crippen LogP contribution in [0.15, 0.2) is 35.2 Å². The minimum Gasteiger partial charge on any atom is -0.436 e. The first kappa shape index (κ1) is 28.9. The minimum absolute atomic E-state index is 0.00583. The molecule has 1 N–H and O–H groups in total. The summed E-state index contributed by atoms with van der Waals surface area (Å²) in [5.74, 6) is -2.47. The van der Waals surface area contributed by atoms with E-state index < -0.39 is 55.9 Å². The molecule has 8 nitrogen and oxygen atoms in total. The Kier molecular flexibility index (Phi) is 7.36. The zero-order valence-electron chi connectivity index (χ0n) is 21.9. The van der Waals surface area contributed by atoms with E-state index >= 15 is 4.39 Å². The monoisotopic (exact) mass is 576 g/mol. The first-order valence-corrected chi connectivity index (χ1v) is 13.9. The summed E-state index contributed by atoms with van der Waals surface area (Å²) in [5.41, 5.74) is -3.04. The fourth-order valence-electron chi connectivity index (χ4n) is 4.62. The SMILES string of the molecule is Cc1cc(C2(C#N)CCC2)c(F)c(C)c1Oc1nnc(C(F)(F)F)c(C)c1C(=O)Nc1cccc(S(C)(=O)=O)c1. The van der Waals surface area contributed by atoms with E-state index in [2.05, 4.69) is 21.6 Å². The highest BCUT2D eigenvalue weighted by atomic mass is 32.2. The lowest BCUT2D eigenvalue weighted by Crippen LogP contribution is -2.33. The zero-order valence-corrected chi connectivity index (χ0v) is 22.7. The van der Waals surface area contributed by atoms with Crippen molar-refractivity contribution in [1.82, 2.24) is 10.2 Å². The number of anilines is 1. The Morgan fingerprint density at radius 1 is 1.12 bits per heavy atom. The molecule has 0 spiro atoms. The molecular formula is C27H24F4N4O4S. The van der Waals surface area contributed by atoms with Gasteiger partial charge in [-0.25, -0.2) is 12.8 Å². The van der Waals surface area contributed by atoms with Gasteiger partial charge in [-0.2, -0.15) is 18.4 Å². The maximum Gasteiger partial charge on any atom is 0.435 e. The number of alkyl halides is 3. The molecule has 0 saturated heterocycles. The summed E-state index contributed by atoms with van der Waals surface area (Å²) in [6.45, 7) is 3.99. The molecule has 210 valence electrons. The van der Waals surface area contributed by atoms with Crippen LogP contribution in [-0.4, -0.2) is 30.8 Å². The fraction of sp³-hybridized carbons (Fsp3) is 0.333. The number of nitrogens with one attached hydrogen (secondary N) is 1. The van der Waals surface area contributed by atoms with E-state index in [0.29, 0.717) is 18.4 Å². The highest BCUT2D eigenvalue weighted by Gasteiger charge is 2.42. The standard InChI is InChI=1S/C27H24F4N4O4S/c1-14-11-19(26(13-32)9-6-10-26)21(28)16(3)22(14)39-25-20(15(2)23(34-35-25)27(29,30)31)24(36)33-17-7-5-8-18(12-17)40(4,37)38/h5,7-8,11-12H,6,9-10H2,1-4H3,(H,33,36). The lowest BCUT2D eigenvalue weighted by atomic mass is 9.65. The quantitative estimate of drug-likeness (QED) is 0.360. The minimum atomic E-state index is -4.95. The number of rotatable bonds is 6. The van der Waals surface area contributed by atoms with Gasteiger partial charge in [0.15, 0.2) is 15.5 Å². The van der Waals surface area contributed by atoms with Gasteiger partial charge in [0.1, 0.15) is 17.1 Å². The van der Waals surface area contributed by atoms with Crippen LogP contribution >= 0.6 is 0 Å². The molecular weight excluding hydrogens is 552 g/mol. The summed E-state index contributed by atoms with van der Waals surface area (Å²) in [6, 6.07) is 8.80. The van der Waals surface area contributed by atoms with E-state index in [9.17, 15) is 31.6 Å². The first-order chi connectivity index (χ1) is 18.6. The van der Waals surface area contributed by atoms with Gasteiger partial charge in [-0.05, 0) is 75.4 Å². The summed E-state index contributed by atoms with van der Waals surface area (Å²) >= 11 is 0. The van der Waals surface area contributed by atoms with Gasteiger partial charge in [0.2, 0.25) is 0 Å². The molecule has 0 unspecified atom stereocenters. The highest BCUT2D eigenvalue weighted by molar-refractivity contribution is 7.90. The molecule has 1 aliphatic carbocycles. The average molecular weight is 577 g/mol. The first-order valence-electron chi connectivity index (χ1n) is 12.0. The number of benzene rings is 2. The number of aryl methyl sites for hydroxylation is 1. The number of nitrogens with zero attached hydrogens (tertiary/aromatic N) is 3. The number of halogens is 4. The largest absolute Gasteiger partial charge is 0.436 e. The number of hydrogen-bond donors (Lipinski definition) is 1. The van der Waals surface area contributed by atoms with Gasteiger partial charge in [-0.3, -0.25) is 4.79 Å². The number of sulfone groups is 1. The van der Waals surface area contributed by atoms with Crippen molar-refractivity contribution in [2.24, 2.45) is 0 Å². The summed E-state index contributed by atoms with van der Waals surface area (Å²) < 4.78 is 86.0. The number of aromatic nitrogens is 2. The van der Waals surface area contributed by atoms with Crippen LogP contribution in [0.25, 0.3) is 0 Å². The predicted molar refractivity (Wildman–Crippen MR) is 136 cm³/mol. The van der Waals surface area contributed by atoms with E-state index in [1.165, 1.54) is 31.2 Å². The molecule has 1 heterocycles. The van der Waals surface area contributed by atoms with Crippen LogP contribution in [0, 0.1) is 37.9 Å². The molecule has 3 aromatic rings. The summed E-state index contributed by atoms with van der Waals surface area (Å²) in [4.78, 5) is 13.2. The van der Waals surface area contributed by atoms with E-state index in [-0.39, 0.29) is 27.5 Å². The van der Waals surface area contributed by atoms with E-state index in [1.54, 1.807) is 6.92 Å². The Labute approximate surface area is 227 Å². The van der Waals surface area contributed by atoms with Gasteiger partial charge in [-0.15, -0.1) is 10.2 Å². The lowest BCUT2D eigenvalue weighted by molar-refractivity contribution is -0.142. The smallest absolute Gasteiger partial charge is 0.435 e. The molecule has 4 rings (SSSR count). The van der Waals surface area contributed by atoms with Crippen LogP contribution in [0.3, 0.4) is 0 Å². The van der Waals surface area contributed by atoms with Gasteiger partial charge < -0.3 is 10.1 Å². The van der Waals surface area contributed by atoms with Crippen LogP contribution in [0.4, 0.5) is 23.2 Å². The van der Waals surface area contributed by atoms with Crippen molar-refractivity contribution in [1.29, 1.82) is 5.26 Å². The fourth-order valence-corrected chi connectivity index (χ4v) is 5.29. The molecule has 2 aromatic carbocycles. The molecule has 1 aromatic heterocycles. The van der Waals surface area contributed by atoms with E-state index in [1.807, 2.05) is 0 Å². The molecule has 40 heavy (non-hydrogen) atoms. The van der Waals surface area contributed by atoms with Crippen LogP contribution in [0.5, 0.6) is 11.6 Å². The Morgan fingerprint density at radius 3 is 2.35 bits per heavy atom. The third-order valence-electron chi connectivity index (χ3n) is 6.96. The zero-order chi connectivity index (χ0) is 29.6. The molecule has 1 amide bonds. The van der Waals surface area contributed by atoms with Crippen molar-refractivity contribution < 1.29 is 35.5 Å². The van der Waals surface area contributed by atoms with Crippen LogP contribution in [-0.2, 0) is 21.4 Å². The third-order valence-corrected chi connectivity index (χ3v) is 8.07. The Bertz CT molecular complexity index is 1680. The second-order valence-electron chi connectivity index (χ2n) is 9.76. The number of ether oxygens (including phenoxy) is 1. The maximum absolute atomic E-state index is 15.5. The predicted octanol–water partition coefficient (Wildman–Crippen LogP) is 5.95. The Hall–Kier alpha value is -4.05. The molecule has 0 aliphatic heterocycles. The van der Waals surface area contributed by atoms with Crippen molar-refractivity contribution in [3.05, 3.63) is 69.7 Å². The topological polar surface area (TPSA) is 122 Å². The molecule has 1 saturated carbocycles. The van der Waals surface area contributed by atoms with Gasteiger partial charge in [0.05, 0.1) is 16.4 Å². The second kappa shape index (κ2) is 10.2. The number of hydrogen-bond acceptors (Lipinski definition) is 7. The maximum atomic E-state index is 15.5. The van der Waals surface area contributed by atoms with E-state index in [4.69, 9.17) is 4.74 Å². The van der Waals surface area contributed by atoms with Crippen molar-refractivity contribution in [3.63, 3.8) is 0 Å². The molecule has 13 heteroatoms. The number of amides is 1. The van der Waals surface area contributed by atoms with Crippen LogP contribution in [0.1, 0.15) is 57.6 Å². The van der Waals surface area contributed by atoms with Gasteiger partial charge in [0, 0.05) is 23.1 Å². The van der Waals surface area contributed by atoms with Crippen molar-refractivity contribution in [3.8, 4) is 17.7 Å². The van der Waals surface area contributed by atoms with Crippen molar-refractivity contribution >= 4 is 21.4 Å². The Morgan fingerprint density at radius 2 is 1.80 bits per heavy atom. The van der Waals surface area contributed by atoms with E-state index in [0.717, 1.165) is 25.7 Å². The number of carbonyl (C=O) groups excluding carboxylic acids is 1. The Balaban J connectivity index is 1.80. The number of carbonyl (C=O) groups is 1. The lowest BCUT2D eigenvalue weighted by Gasteiger charge is -2.36. The van der Waals surface area contributed by atoms with Gasteiger partial charge in [0.25, 0.3) is 11.8 Å². The van der Waals surface area contributed by atoms with Gasteiger partial charge >= 0.3 is 6.18 Å². The third kappa shape index (κ3) is 5.23. The van der Waals surface area contributed by atoms with Gasteiger partial charge in [-0.1, -0.05) is 6.07 Å². The average Bonchev–Trinajstić information content (AvgIpc) is 2.83. The molecule has 1 fully saturated rings. The van der Waals surface area contributed by atoms with Crippen LogP contribution < -0.4 is 10.1 Å². The normalized spacial score (nSPS) is 14.7. The summed E-state index contributed by atoms with van der Waals surface area (Å²) in [6.07, 6.45) is -2.23. The highest BCUT2D eigenvalue weighted by Crippen LogP contribution is 2.47.